The van der Waals surface area contributed by atoms with Crippen LogP contribution in [0, 0.1) is 10.1 Å². The molecule has 0 aromatic heterocycles. The van der Waals surface area contributed by atoms with Gasteiger partial charge in [-0.05, 0) is 42.0 Å². The third kappa shape index (κ3) is 1.95. The lowest BCUT2D eigenvalue weighted by molar-refractivity contribution is -0.384. The van der Waals surface area contributed by atoms with Crippen molar-refractivity contribution in [2.75, 3.05) is 5.73 Å². The number of anilines is 1. The molecule has 0 saturated carbocycles. The Bertz CT molecular complexity index is 665. The Morgan fingerprint density at radius 2 is 2.00 bits per heavy atom. The predicted octanol–water partition coefficient (Wildman–Crippen LogP) is 3.33. The standard InChI is InChI=1S/C15H14N2O2/c16-14-8-7-10-3-2-6-13(10)15(14)11-4-1-5-12(9-11)17(18)19/h1,4-5,7-9H,2-3,6,16H2. The van der Waals surface area contributed by atoms with Gasteiger partial charge in [-0.1, -0.05) is 18.2 Å². The predicted molar refractivity (Wildman–Crippen MR) is 75.0 cm³/mol. The van der Waals surface area contributed by atoms with Crippen molar-refractivity contribution < 1.29 is 4.92 Å². The van der Waals surface area contributed by atoms with E-state index in [0.717, 1.165) is 30.4 Å². The molecular weight excluding hydrogens is 240 g/mol. The van der Waals surface area contributed by atoms with Gasteiger partial charge in [0.2, 0.25) is 0 Å². The van der Waals surface area contributed by atoms with E-state index in [9.17, 15) is 10.1 Å². The molecule has 0 unspecified atom stereocenters. The maximum atomic E-state index is 10.9. The van der Waals surface area contributed by atoms with Gasteiger partial charge >= 0.3 is 0 Å². The zero-order valence-corrected chi connectivity index (χ0v) is 10.4. The molecule has 4 nitrogen and oxygen atoms in total. The molecule has 0 aliphatic heterocycles. The van der Waals surface area contributed by atoms with E-state index in [2.05, 4.69) is 6.07 Å². The minimum Gasteiger partial charge on any atom is -0.398 e. The number of nitrogens with zero attached hydrogens (tertiary/aromatic N) is 1. The number of fused-ring (bicyclic) bond motifs is 1. The highest BCUT2D eigenvalue weighted by Crippen LogP contribution is 2.37. The van der Waals surface area contributed by atoms with Crippen LogP contribution >= 0.6 is 0 Å². The third-order valence-corrected chi connectivity index (χ3v) is 3.66. The van der Waals surface area contributed by atoms with Crippen LogP contribution in [0.1, 0.15) is 17.5 Å². The number of non-ortho nitro benzene ring substituents is 1. The van der Waals surface area contributed by atoms with Crippen molar-refractivity contribution in [3.63, 3.8) is 0 Å². The second-order valence-corrected chi connectivity index (χ2v) is 4.83. The molecule has 0 bridgehead atoms. The van der Waals surface area contributed by atoms with E-state index >= 15 is 0 Å². The van der Waals surface area contributed by atoms with Crippen LogP contribution in [0.3, 0.4) is 0 Å². The summed E-state index contributed by atoms with van der Waals surface area (Å²) in [4.78, 5) is 10.5. The van der Waals surface area contributed by atoms with Gasteiger partial charge in [0.15, 0.2) is 0 Å². The second-order valence-electron chi connectivity index (χ2n) is 4.83. The van der Waals surface area contributed by atoms with E-state index in [1.807, 2.05) is 12.1 Å². The molecule has 2 aromatic rings. The molecule has 1 aliphatic rings. The Kier molecular flexibility index (Phi) is 2.71. The summed E-state index contributed by atoms with van der Waals surface area (Å²) in [7, 11) is 0. The van der Waals surface area contributed by atoms with Crippen molar-refractivity contribution in [3.05, 3.63) is 57.6 Å². The monoisotopic (exact) mass is 254 g/mol. The highest BCUT2D eigenvalue weighted by atomic mass is 16.6. The number of nitrogens with two attached hydrogens (primary N) is 1. The van der Waals surface area contributed by atoms with Gasteiger partial charge in [0, 0.05) is 23.4 Å². The second kappa shape index (κ2) is 4.39. The molecule has 2 N–H and O–H groups in total. The number of rotatable bonds is 2. The van der Waals surface area contributed by atoms with E-state index in [4.69, 9.17) is 5.73 Å². The summed E-state index contributed by atoms with van der Waals surface area (Å²) in [6.45, 7) is 0. The largest absolute Gasteiger partial charge is 0.398 e. The molecule has 4 heteroatoms. The first kappa shape index (κ1) is 11.7. The fourth-order valence-electron chi connectivity index (χ4n) is 2.80. The summed E-state index contributed by atoms with van der Waals surface area (Å²) in [6, 6.07) is 10.7. The van der Waals surface area contributed by atoms with Gasteiger partial charge in [-0.15, -0.1) is 0 Å². The number of hydrogen-bond donors (Lipinski definition) is 1. The molecule has 0 heterocycles. The first-order valence-electron chi connectivity index (χ1n) is 6.32. The molecule has 2 aromatic carbocycles. The van der Waals surface area contributed by atoms with Gasteiger partial charge in [-0.3, -0.25) is 10.1 Å². The first-order valence-corrected chi connectivity index (χ1v) is 6.32. The molecule has 19 heavy (non-hydrogen) atoms. The Balaban J connectivity index is 2.20. The smallest absolute Gasteiger partial charge is 0.270 e. The Morgan fingerprint density at radius 1 is 1.16 bits per heavy atom. The normalized spacial score (nSPS) is 13.3. The van der Waals surface area contributed by atoms with Crippen molar-refractivity contribution in [1.29, 1.82) is 0 Å². The first-order chi connectivity index (χ1) is 9.16. The van der Waals surface area contributed by atoms with Crippen LogP contribution in [0.2, 0.25) is 0 Å². The highest BCUT2D eigenvalue weighted by molar-refractivity contribution is 5.82. The number of nitro groups is 1. The maximum Gasteiger partial charge on any atom is 0.270 e. The van der Waals surface area contributed by atoms with Crippen LogP contribution in [0.5, 0.6) is 0 Å². The minimum atomic E-state index is -0.372. The molecular formula is C15H14N2O2. The number of aryl methyl sites for hydroxylation is 1. The maximum absolute atomic E-state index is 10.9. The molecule has 3 rings (SSSR count). The molecule has 0 spiro atoms. The SMILES string of the molecule is Nc1ccc2c(c1-c1cccc([N+](=O)[O-])c1)CCC2. The topological polar surface area (TPSA) is 69.2 Å². The molecule has 0 atom stereocenters. The van der Waals surface area contributed by atoms with E-state index in [-0.39, 0.29) is 10.6 Å². The van der Waals surface area contributed by atoms with E-state index in [0.29, 0.717) is 5.69 Å². The van der Waals surface area contributed by atoms with E-state index < -0.39 is 0 Å². The fraction of sp³-hybridized carbons (Fsp3) is 0.200. The summed E-state index contributed by atoms with van der Waals surface area (Å²) < 4.78 is 0. The molecule has 0 saturated heterocycles. The Morgan fingerprint density at radius 3 is 2.79 bits per heavy atom. The number of benzene rings is 2. The van der Waals surface area contributed by atoms with Crippen LogP contribution < -0.4 is 5.73 Å². The van der Waals surface area contributed by atoms with Gasteiger partial charge in [0.25, 0.3) is 5.69 Å². The quantitative estimate of drug-likeness (QED) is 0.507. The molecule has 1 aliphatic carbocycles. The van der Waals surface area contributed by atoms with Crippen LogP contribution in [-0.2, 0) is 12.8 Å². The van der Waals surface area contributed by atoms with Gasteiger partial charge in [0.05, 0.1) is 4.92 Å². The van der Waals surface area contributed by atoms with Crippen LogP contribution in [0.15, 0.2) is 36.4 Å². The number of hydrogen-bond acceptors (Lipinski definition) is 3. The zero-order chi connectivity index (χ0) is 13.4. The molecule has 0 radical (unpaired) electrons. The lowest BCUT2D eigenvalue weighted by Gasteiger charge is -2.12. The Labute approximate surface area is 111 Å². The number of nitrogen functional groups attached to an aromatic ring is 1. The van der Waals surface area contributed by atoms with Crippen molar-refractivity contribution in [2.45, 2.75) is 19.3 Å². The van der Waals surface area contributed by atoms with Crippen molar-refractivity contribution in [3.8, 4) is 11.1 Å². The van der Waals surface area contributed by atoms with Crippen LogP contribution in [-0.4, -0.2) is 4.92 Å². The zero-order valence-electron chi connectivity index (χ0n) is 10.4. The molecule has 0 amide bonds. The fourth-order valence-corrected chi connectivity index (χ4v) is 2.80. The lowest BCUT2D eigenvalue weighted by atomic mass is 9.95. The summed E-state index contributed by atoms with van der Waals surface area (Å²) in [5.74, 6) is 0. The summed E-state index contributed by atoms with van der Waals surface area (Å²) in [6.07, 6.45) is 3.19. The average Bonchev–Trinajstić information content (AvgIpc) is 2.87. The average molecular weight is 254 g/mol. The van der Waals surface area contributed by atoms with Crippen molar-refractivity contribution in [2.24, 2.45) is 0 Å². The van der Waals surface area contributed by atoms with Gasteiger partial charge in [0.1, 0.15) is 0 Å². The van der Waals surface area contributed by atoms with Crippen LogP contribution in [0.4, 0.5) is 11.4 Å². The molecule has 0 fully saturated rings. The van der Waals surface area contributed by atoms with E-state index in [1.54, 1.807) is 12.1 Å². The summed E-state index contributed by atoms with van der Waals surface area (Å²) in [5.41, 5.74) is 11.3. The lowest BCUT2D eigenvalue weighted by Crippen LogP contribution is -1.97. The third-order valence-electron chi connectivity index (χ3n) is 3.66. The van der Waals surface area contributed by atoms with E-state index in [1.165, 1.54) is 17.2 Å². The summed E-state index contributed by atoms with van der Waals surface area (Å²) in [5, 5.41) is 10.9. The van der Waals surface area contributed by atoms with Crippen molar-refractivity contribution >= 4 is 11.4 Å². The van der Waals surface area contributed by atoms with Crippen molar-refractivity contribution in [1.82, 2.24) is 0 Å². The number of nitro benzene ring substituents is 1. The Hall–Kier alpha value is -2.36. The highest BCUT2D eigenvalue weighted by Gasteiger charge is 2.19. The van der Waals surface area contributed by atoms with Gasteiger partial charge in [-0.25, -0.2) is 0 Å². The minimum absolute atomic E-state index is 0.104. The van der Waals surface area contributed by atoms with Gasteiger partial charge in [-0.2, -0.15) is 0 Å². The van der Waals surface area contributed by atoms with Gasteiger partial charge < -0.3 is 5.73 Å². The molecule has 96 valence electrons. The summed E-state index contributed by atoms with van der Waals surface area (Å²) >= 11 is 0. The van der Waals surface area contributed by atoms with Crippen LogP contribution in [0.25, 0.3) is 11.1 Å².